The standard InChI is InChI=1S/C14H21N3O2/c1-3-14(6-4-5-7-14)10-16-12-9-15-8-11(17-12)13(18)19-2/h8-9H,3-7,10H2,1-2H3,(H,16,17). The van der Waals surface area contributed by atoms with Crippen molar-refractivity contribution in [2.24, 2.45) is 5.41 Å². The van der Waals surface area contributed by atoms with Gasteiger partial charge in [0.15, 0.2) is 5.69 Å². The highest BCUT2D eigenvalue weighted by molar-refractivity contribution is 5.87. The molecule has 0 aliphatic heterocycles. The predicted molar refractivity (Wildman–Crippen MR) is 73.1 cm³/mol. The molecule has 0 radical (unpaired) electrons. The van der Waals surface area contributed by atoms with Crippen LogP contribution in [0.4, 0.5) is 5.82 Å². The van der Waals surface area contributed by atoms with Gasteiger partial charge in [0.05, 0.1) is 19.5 Å². The Morgan fingerprint density at radius 3 is 2.79 bits per heavy atom. The van der Waals surface area contributed by atoms with Crippen LogP contribution in [0.3, 0.4) is 0 Å². The zero-order chi connectivity index (χ0) is 13.7. The number of anilines is 1. The summed E-state index contributed by atoms with van der Waals surface area (Å²) in [5.74, 6) is 0.185. The summed E-state index contributed by atoms with van der Waals surface area (Å²) in [6.45, 7) is 3.13. The summed E-state index contributed by atoms with van der Waals surface area (Å²) in [6.07, 6.45) is 9.38. The maximum atomic E-state index is 11.4. The monoisotopic (exact) mass is 263 g/mol. The van der Waals surface area contributed by atoms with Gasteiger partial charge in [-0.3, -0.25) is 4.98 Å². The van der Waals surface area contributed by atoms with Gasteiger partial charge in [0.2, 0.25) is 0 Å². The number of rotatable bonds is 5. The fourth-order valence-corrected chi connectivity index (χ4v) is 2.71. The number of aromatic nitrogens is 2. The van der Waals surface area contributed by atoms with Gasteiger partial charge in [-0.2, -0.15) is 0 Å². The largest absolute Gasteiger partial charge is 0.464 e. The zero-order valence-corrected chi connectivity index (χ0v) is 11.6. The van der Waals surface area contributed by atoms with Gasteiger partial charge in [-0.1, -0.05) is 19.8 Å². The molecule has 0 aromatic carbocycles. The molecule has 1 saturated carbocycles. The van der Waals surface area contributed by atoms with Crippen LogP contribution in [0.2, 0.25) is 0 Å². The second-order valence-electron chi connectivity index (χ2n) is 5.20. The third-order valence-electron chi connectivity index (χ3n) is 4.09. The van der Waals surface area contributed by atoms with Gasteiger partial charge < -0.3 is 10.1 Å². The maximum absolute atomic E-state index is 11.4. The van der Waals surface area contributed by atoms with Crippen molar-refractivity contribution in [2.75, 3.05) is 19.0 Å². The Kier molecular flexibility index (Phi) is 4.35. The number of ether oxygens (including phenoxy) is 1. The van der Waals surface area contributed by atoms with E-state index in [0.29, 0.717) is 11.2 Å². The third kappa shape index (κ3) is 3.22. The molecule has 5 heteroatoms. The first kappa shape index (κ1) is 13.8. The molecular weight excluding hydrogens is 242 g/mol. The molecule has 1 fully saturated rings. The average Bonchev–Trinajstić information content (AvgIpc) is 2.94. The third-order valence-corrected chi connectivity index (χ3v) is 4.09. The highest BCUT2D eigenvalue weighted by atomic mass is 16.5. The fraction of sp³-hybridized carbons (Fsp3) is 0.643. The van der Waals surface area contributed by atoms with E-state index < -0.39 is 5.97 Å². The van der Waals surface area contributed by atoms with Crippen LogP contribution in [0.25, 0.3) is 0 Å². The topological polar surface area (TPSA) is 64.1 Å². The van der Waals surface area contributed by atoms with Crippen LogP contribution in [0.15, 0.2) is 12.4 Å². The van der Waals surface area contributed by atoms with E-state index in [0.717, 1.165) is 6.54 Å². The molecule has 104 valence electrons. The summed E-state index contributed by atoms with van der Waals surface area (Å²) >= 11 is 0. The fourth-order valence-electron chi connectivity index (χ4n) is 2.71. The zero-order valence-electron chi connectivity index (χ0n) is 11.6. The van der Waals surface area contributed by atoms with Crippen LogP contribution < -0.4 is 5.32 Å². The highest BCUT2D eigenvalue weighted by Crippen LogP contribution is 2.40. The predicted octanol–water partition coefficient (Wildman–Crippen LogP) is 2.65. The van der Waals surface area contributed by atoms with Crippen molar-refractivity contribution in [1.82, 2.24) is 9.97 Å². The number of hydrogen-bond donors (Lipinski definition) is 1. The van der Waals surface area contributed by atoms with Crippen molar-refractivity contribution in [3.63, 3.8) is 0 Å². The smallest absolute Gasteiger partial charge is 0.358 e. The van der Waals surface area contributed by atoms with Crippen molar-refractivity contribution in [3.8, 4) is 0 Å². The number of nitrogens with one attached hydrogen (secondary N) is 1. The Bertz CT molecular complexity index is 442. The number of methoxy groups -OCH3 is 1. The van der Waals surface area contributed by atoms with Gasteiger partial charge in [0.25, 0.3) is 0 Å². The van der Waals surface area contributed by atoms with Crippen molar-refractivity contribution in [2.45, 2.75) is 39.0 Å². The van der Waals surface area contributed by atoms with E-state index in [-0.39, 0.29) is 5.69 Å². The highest BCUT2D eigenvalue weighted by Gasteiger charge is 2.31. The summed E-state index contributed by atoms with van der Waals surface area (Å²) in [5.41, 5.74) is 0.618. The van der Waals surface area contributed by atoms with Crippen molar-refractivity contribution < 1.29 is 9.53 Å². The molecule has 1 N–H and O–H groups in total. The lowest BCUT2D eigenvalue weighted by molar-refractivity contribution is 0.0593. The lowest BCUT2D eigenvalue weighted by Crippen LogP contribution is -2.26. The van der Waals surface area contributed by atoms with Gasteiger partial charge in [-0.25, -0.2) is 9.78 Å². The number of hydrogen-bond acceptors (Lipinski definition) is 5. The SMILES string of the molecule is CCC1(CNc2cncc(C(=O)OC)n2)CCCC1. The molecule has 1 heterocycles. The van der Waals surface area contributed by atoms with E-state index in [1.54, 1.807) is 6.20 Å². The molecular formula is C14H21N3O2. The van der Waals surface area contributed by atoms with Crippen LogP contribution in [0.1, 0.15) is 49.5 Å². The minimum absolute atomic E-state index is 0.240. The summed E-state index contributed by atoms with van der Waals surface area (Å²) in [5, 5.41) is 3.32. The first-order valence-electron chi connectivity index (χ1n) is 6.83. The lowest BCUT2D eigenvalue weighted by atomic mass is 9.83. The van der Waals surface area contributed by atoms with Crippen molar-refractivity contribution in [1.29, 1.82) is 0 Å². The second kappa shape index (κ2) is 5.99. The number of carbonyl (C=O) groups is 1. The number of esters is 1. The normalized spacial score (nSPS) is 17.2. The molecule has 19 heavy (non-hydrogen) atoms. The van der Waals surface area contributed by atoms with E-state index >= 15 is 0 Å². The van der Waals surface area contributed by atoms with Crippen LogP contribution in [-0.4, -0.2) is 29.6 Å². The van der Waals surface area contributed by atoms with Gasteiger partial charge in [0, 0.05) is 6.54 Å². The molecule has 1 aromatic heterocycles. The van der Waals surface area contributed by atoms with Crippen molar-refractivity contribution in [3.05, 3.63) is 18.1 Å². The number of carbonyl (C=O) groups excluding carboxylic acids is 1. The molecule has 5 nitrogen and oxygen atoms in total. The summed E-state index contributed by atoms with van der Waals surface area (Å²) < 4.78 is 4.64. The van der Waals surface area contributed by atoms with Gasteiger partial charge >= 0.3 is 5.97 Å². The van der Waals surface area contributed by atoms with E-state index in [1.807, 2.05) is 0 Å². The van der Waals surface area contributed by atoms with Crippen LogP contribution in [-0.2, 0) is 4.74 Å². The first-order chi connectivity index (χ1) is 9.19. The molecule has 2 rings (SSSR count). The lowest BCUT2D eigenvalue weighted by Gasteiger charge is -2.27. The maximum Gasteiger partial charge on any atom is 0.358 e. The van der Waals surface area contributed by atoms with Crippen molar-refractivity contribution >= 4 is 11.8 Å². The molecule has 0 spiro atoms. The molecule has 1 aliphatic carbocycles. The average molecular weight is 263 g/mol. The molecule has 0 unspecified atom stereocenters. The van der Waals surface area contributed by atoms with Crippen LogP contribution in [0.5, 0.6) is 0 Å². The van der Waals surface area contributed by atoms with E-state index in [9.17, 15) is 4.79 Å². The summed E-state index contributed by atoms with van der Waals surface area (Å²) in [7, 11) is 1.34. The van der Waals surface area contributed by atoms with Gasteiger partial charge in [-0.15, -0.1) is 0 Å². The molecule has 1 aliphatic rings. The minimum Gasteiger partial charge on any atom is -0.464 e. The molecule has 0 bridgehead atoms. The Morgan fingerprint density at radius 1 is 1.42 bits per heavy atom. The summed E-state index contributed by atoms with van der Waals surface area (Å²) in [4.78, 5) is 19.6. The van der Waals surface area contributed by atoms with E-state index in [4.69, 9.17) is 0 Å². The van der Waals surface area contributed by atoms with Crippen LogP contribution in [0, 0.1) is 5.41 Å². The summed E-state index contributed by atoms with van der Waals surface area (Å²) in [6, 6.07) is 0. The van der Waals surface area contributed by atoms with Gasteiger partial charge in [-0.05, 0) is 24.7 Å². The minimum atomic E-state index is -0.456. The Morgan fingerprint density at radius 2 is 2.16 bits per heavy atom. The molecule has 0 saturated heterocycles. The first-order valence-corrected chi connectivity index (χ1v) is 6.83. The second-order valence-corrected chi connectivity index (χ2v) is 5.20. The molecule has 1 aromatic rings. The Hall–Kier alpha value is -1.65. The quantitative estimate of drug-likeness (QED) is 0.827. The van der Waals surface area contributed by atoms with E-state index in [2.05, 4.69) is 26.9 Å². The number of nitrogens with zero attached hydrogens (tertiary/aromatic N) is 2. The molecule has 0 amide bonds. The van der Waals surface area contributed by atoms with E-state index in [1.165, 1.54) is 45.4 Å². The van der Waals surface area contributed by atoms with Gasteiger partial charge in [0.1, 0.15) is 5.82 Å². The molecule has 0 atom stereocenters. The van der Waals surface area contributed by atoms with Crippen LogP contribution >= 0.6 is 0 Å². The Balaban J connectivity index is 2.01. The Labute approximate surface area is 113 Å².